The number of hydrazine groups is 1. The van der Waals surface area contributed by atoms with Crippen molar-refractivity contribution in [2.45, 2.75) is 13.3 Å². The number of nitrogens with one attached hydrogen (secondary N) is 3. The first-order valence-electron chi connectivity index (χ1n) is 6.89. The molecule has 3 N–H and O–H groups in total. The van der Waals surface area contributed by atoms with Gasteiger partial charge in [0.05, 0.1) is 13.0 Å². The van der Waals surface area contributed by atoms with Gasteiger partial charge in [-0.05, 0) is 36.8 Å². The van der Waals surface area contributed by atoms with Crippen molar-refractivity contribution in [2.24, 2.45) is 0 Å². The van der Waals surface area contributed by atoms with Crippen LogP contribution in [0.2, 0.25) is 5.02 Å². The Labute approximate surface area is 149 Å². The van der Waals surface area contributed by atoms with Gasteiger partial charge in [0.15, 0.2) is 5.11 Å². The predicted molar refractivity (Wildman–Crippen MR) is 92.9 cm³/mol. The van der Waals surface area contributed by atoms with Gasteiger partial charge in [0.1, 0.15) is 0 Å². The van der Waals surface area contributed by atoms with Crippen molar-refractivity contribution in [1.82, 2.24) is 16.2 Å². The number of benzene rings is 1. The largest absolute Gasteiger partial charge is 0.463 e. The number of thiocarbonyl (C=S) groups is 1. The molecule has 2 amide bonds. The molecule has 0 spiro atoms. The third kappa shape index (κ3) is 8.25. The summed E-state index contributed by atoms with van der Waals surface area (Å²) in [6.45, 7) is 1.86. The van der Waals surface area contributed by atoms with Gasteiger partial charge in [-0.2, -0.15) is 0 Å². The topological polar surface area (TPSA) is 96.5 Å². The molecule has 0 fully saturated rings. The quantitative estimate of drug-likeness (QED) is 0.310. The molecule has 0 heterocycles. The van der Waals surface area contributed by atoms with Crippen LogP contribution in [-0.2, 0) is 25.5 Å². The smallest absolute Gasteiger partial charge is 0.330 e. The summed E-state index contributed by atoms with van der Waals surface area (Å²) in [6, 6.07) is 6.81. The van der Waals surface area contributed by atoms with E-state index in [0.717, 1.165) is 17.7 Å². The second-order valence-electron chi connectivity index (χ2n) is 4.38. The van der Waals surface area contributed by atoms with E-state index >= 15 is 0 Å². The van der Waals surface area contributed by atoms with Crippen LogP contribution in [0.1, 0.15) is 12.5 Å². The molecule has 0 aromatic heterocycles. The minimum Gasteiger partial charge on any atom is -0.463 e. The molecule has 1 aromatic rings. The van der Waals surface area contributed by atoms with Crippen molar-refractivity contribution in [3.63, 3.8) is 0 Å². The Kier molecular flexibility index (Phi) is 8.45. The monoisotopic (exact) mass is 369 g/mol. The fourth-order valence-electron chi connectivity index (χ4n) is 1.48. The molecule has 9 heteroatoms. The summed E-state index contributed by atoms with van der Waals surface area (Å²) in [4.78, 5) is 34.2. The number of esters is 1. The van der Waals surface area contributed by atoms with E-state index in [9.17, 15) is 14.4 Å². The highest BCUT2D eigenvalue weighted by molar-refractivity contribution is 7.80. The highest BCUT2D eigenvalue weighted by Gasteiger charge is 2.06. The summed E-state index contributed by atoms with van der Waals surface area (Å²) in [6.07, 6.45) is 2.06. The van der Waals surface area contributed by atoms with Crippen LogP contribution in [0.15, 0.2) is 36.4 Å². The van der Waals surface area contributed by atoms with Crippen molar-refractivity contribution in [2.75, 3.05) is 6.61 Å². The molecular formula is C15H16ClN3O4S. The van der Waals surface area contributed by atoms with E-state index < -0.39 is 11.9 Å². The number of carbonyl (C=O) groups excluding carboxylic acids is 3. The van der Waals surface area contributed by atoms with Gasteiger partial charge in [-0.15, -0.1) is 0 Å². The van der Waals surface area contributed by atoms with Gasteiger partial charge >= 0.3 is 5.97 Å². The van der Waals surface area contributed by atoms with Crippen molar-refractivity contribution >= 4 is 46.7 Å². The van der Waals surface area contributed by atoms with E-state index in [2.05, 4.69) is 20.9 Å². The minimum absolute atomic E-state index is 0.113. The summed E-state index contributed by atoms with van der Waals surface area (Å²) < 4.78 is 4.62. The van der Waals surface area contributed by atoms with Gasteiger partial charge in [-0.25, -0.2) is 4.79 Å². The molecular weight excluding hydrogens is 354 g/mol. The molecule has 0 unspecified atom stereocenters. The molecule has 0 radical (unpaired) electrons. The van der Waals surface area contributed by atoms with E-state index in [0.29, 0.717) is 5.02 Å². The van der Waals surface area contributed by atoms with Crippen molar-refractivity contribution in [1.29, 1.82) is 0 Å². The molecule has 7 nitrogen and oxygen atoms in total. The van der Waals surface area contributed by atoms with Gasteiger partial charge in [-0.3, -0.25) is 25.8 Å². The number of halogens is 1. The Morgan fingerprint density at radius 2 is 1.83 bits per heavy atom. The van der Waals surface area contributed by atoms with Crippen LogP contribution in [-0.4, -0.2) is 29.5 Å². The van der Waals surface area contributed by atoms with Crippen LogP contribution in [0, 0.1) is 0 Å². The van der Waals surface area contributed by atoms with E-state index in [1.165, 1.54) is 0 Å². The van der Waals surface area contributed by atoms with Gasteiger partial charge in [-0.1, -0.05) is 23.7 Å². The number of ether oxygens (including phenoxy) is 1. The fraction of sp³-hybridized carbons (Fsp3) is 0.200. The number of hydrogen-bond donors (Lipinski definition) is 3. The summed E-state index contributed by atoms with van der Waals surface area (Å²) in [5.74, 6) is -1.62. The first-order valence-corrected chi connectivity index (χ1v) is 7.68. The normalized spacial score (nSPS) is 10.1. The Morgan fingerprint density at radius 1 is 1.17 bits per heavy atom. The fourth-order valence-corrected chi connectivity index (χ4v) is 1.75. The zero-order valence-corrected chi connectivity index (χ0v) is 14.4. The number of hydrogen-bond acceptors (Lipinski definition) is 5. The van der Waals surface area contributed by atoms with E-state index in [1.807, 2.05) is 0 Å². The number of carbonyl (C=O) groups is 3. The lowest BCUT2D eigenvalue weighted by molar-refractivity contribution is -0.137. The summed E-state index contributed by atoms with van der Waals surface area (Å²) in [7, 11) is 0. The molecule has 0 saturated heterocycles. The lowest BCUT2D eigenvalue weighted by Gasteiger charge is -2.09. The Balaban J connectivity index is 2.32. The molecule has 1 aromatic carbocycles. The van der Waals surface area contributed by atoms with Crippen LogP contribution in [0.25, 0.3) is 0 Å². The Bertz CT molecular complexity index is 647. The summed E-state index contributed by atoms with van der Waals surface area (Å²) >= 11 is 10.6. The van der Waals surface area contributed by atoms with Crippen molar-refractivity contribution in [3.05, 3.63) is 47.0 Å². The zero-order valence-electron chi connectivity index (χ0n) is 12.8. The molecule has 24 heavy (non-hydrogen) atoms. The SMILES string of the molecule is CCOC(=O)C=CC(=O)NC(=S)NNC(=O)Cc1ccc(Cl)cc1. The lowest BCUT2D eigenvalue weighted by atomic mass is 10.1. The summed E-state index contributed by atoms with van der Waals surface area (Å²) in [5, 5.41) is 2.73. The van der Waals surface area contributed by atoms with Gasteiger partial charge in [0.2, 0.25) is 11.8 Å². The van der Waals surface area contributed by atoms with Crippen LogP contribution in [0.5, 0.6) is 0 Å². The standard InChI is InChI=1S/C15H16ClN3O4S/c1-2-23-14(22)8-7-12(20)17-15(24)19-18-13(21)9-10-3-5-11(16)6-4-10/h3-8H,2,9H2,1H3,(H,18,21)(H2,17,19,20,24). The van der Waals surface area contributed by atoms with Gasteiger partial charge < -0.3 is 4.74 Å². The first kappa shape index (κ1) is 19.6. The third-order valence-electron chi connectivity index (χ3n) is 2.49. The van der Waals surface area contributed by atoms with Gasteiger partial charge in [0.25, 0.3) is 0 Å². The van der Waals surface area contributed by atoms with Crippen LogP contribution in [0.4, 0.5) is 0 Å². The van der Waals surface area contributed by atoms with Crippen molar-refractivity contribution in [3.8, 4) is 0 Å². The Hall–Kier alpha value is -2.45. The molecule has 0 aliphatic carbocycles. The van der Waals surface area contributed by atoms with Crippen LogP contribution < -0.4 is 16.2 Å². The van der Waals surface area contributed by atoms with Crippen LogP contribution >= 0.6 is 23.8 Å². The maximum Gasteiger partial charge on any atom is 0.330 e. The Morgan fingerprint density at radius 3 is 2.46 bits per heavy atom. The zero-order chi connectivity index (χ0) is 17.9. The third-order valence-corrected chi connectivity index (χ3v) is 2.94. The van der Waals surface area contributed by atoms with Gasteiger partial charge in [0, 0.05) is 17.2 Å². The second kappa shape index (κ2) is 10.3. The van der Waals surface area contributed by atoms with E-state index in [1.54, 1.807) is 31.2 Å². The maximum absolute atomic E-state index is 11.7. The minimum atomic E-state index is -0.636. The summed E-state index contributed by atoms with van der Waals surface area (Å²) in [5.41, 5.74) is 5.49. The highest BCUT2D eigenvalue weighted by atomic mass is 35.5. The molecule has 0 saturated carbocycles. The maximum atomic E-state index is 11.7. The van der Waals surface area contributed by atoms with Crippen molar-refractivity contribution < 1.29 is 19.1 Å². The molecule has 128 valence electrons. The predicted octanol–water partition coefficient (Wildman–Crippen LogP) is 1.02. The number of rotatable bonds is 5. The van der Waals surface area contributed by atoms with Crippen LogP contribution in [0.3, 0.4) is 0 Å². The molecule has 0 atom stereocenters. The second-order valence-corrected chi connectivity index (χ2v) is 5.22. The average molecular weight is 370 g/mol. The molecule has 0 bridgehead atoms. The molecule has 0 aliphatic rings. The lowest BCUT2D eigenvalue weighted by Crippen LogP contribution is -2.48. The first-order chi connectivity index (χ1) is 11.4. The van der Waals surface area contributed by atoms with E-state index in [4.69, 9.17) is 23.8 Å². The molecule has 1 rings (SSSR count). The average Bonchev–Trinajstić information content (AvgIpc) is 2.53. The highest BCUT2D eigenvalue weighted by Crippen LogP contribution is 2.09. The number of amides is 2. The van der Waals surface area contributed by atoms with E-state index in [-0.39, 0.29) is 24.0 Å². The molecule has 0 aliphatic heterocycles.